The van der Waals surface area contributed by atoms with Gasteiger partial charge in [-0.15, -0.1) is 0 Å². The molecule has 0 aliphatic rings. The molecular formula is C20H16N2O12S3. The summed E-state index contributed by atoms with van der Waals surface area (Å²) in [5, 5.41) is 29.6. The summed E-state index contributed by atoms with van der Waals surface area (Å²) in [6.07, 6.45) is 0. The van der Waals surface area contributed by atoms with Crippen LogP contribution in [0.3, 0.4) is 0 Å². The first-order chi connectivity index (χ1) is 16.9. The molecule has 9 N–H and O–H groups in total. The monoisotopic (exact) mass is 572 g/mol. The average molecular weight is 573 g/mol. The van der Waals surface area contributed by atoms with E-state index in [1.807, 2.05) is 0 Å². The highest BCUT2D eigenvalue weighted by Gasteiger charge is 2.30. The molecule has 0 fully saturated rings. The molecule has 0 saturated heterocycles. The van der Waals surface area contributed by atoms with Gasteiger partial charge in [0, 0.05) is 6.07 Å². The standard InChI is InChI=1S/C20H16N2O12S3/c21-17-14(5-8-2-1-3-11(23)15(8)19(17)25)37(32,33)34-20-16-9(6-13(18(20)22)36(29,30)31)4-10(7-12(16)24)35(26,27)28/h1-7,23-25H,21-22H2,(H,26,27,28)(H,29,30,31). The highest BCUT2D eigenvalue weighted by Crippen LogP contribution is 2.46. The van der Waals surface area contributed by atoms with Gasteiger partial charge in [-0.1, -0.05) is 12.1 Å². The summed E-state index contributed by atoms with van der Waals surface area (Å²) in [6.45, 7) is 0. The van der Waals surface area contributed by atoms with Crippen LogP contribution in [0.25, 0.3) is 21.5 Å². The number of hydrogen-bond acceptors (Lipinski definition) is 12. The van der Waals surface area contributed by atoms with Gasteiger partial charge < -0.3 is 31.0 Å². The molecule has 4 aromatic rings. The summed E-state index contributed by atoms with van der Waals surface area (Å²) in [7, 11) is -15.2. The summed E-state index contributed by atoms with van der Waals surface area (Å²) >= 11 is 0. The Morgan fingerprint density at radius 1 is 0.676 bits per heavy atom. The molecule has 0 bridgehead atoms. The highest BCUT2D eigenvalue weighted by atomic mass is 32.2. The second kappa shape index (κ2) is 8.25. The first-order valence-electron chi connectivity index (χ1n) is 9.65. The lowest BCUT2D eigenvalue weighted by molar-refractivity contribution is 0.461. The van der Waals surface area contributed by atoms with E-state index in [1.54, 1.807) is 0 Å². The summed E-state index contributed by atoms with van der Waals surface area (Å²) < 4.78 is 97.3. The van der Waals surface area contributed by atoms with Crippen LogP contribution in [0.5, 0.6) is 23.0 Å². The van der Waals surface area contributed by atoms with Crippen LogP contribution in [0.4, 0.5) is 11.4 Å². The van der Waals surface area contributed by atoms with Crippen LogP contribution in [0.1, 0.15) is 0 Å². The fourth-order valence-corrected chi connectivity index (χ4v) is 5.97. The van der Waals surface area contributed by atoms with Gasteiger partial charge in [-0.3, -0.25) is 9.11 Å². The van der Waals surface area contributed by atoms with Crippen molar-refractivity contribution in [1.82, 2.24) is 0 Å². The Balaban J connectivity index is 2.05. The van der Waals surface area contributed by atoms with Crippen molar-refractivity contribution in [3.8, 4) is 23.0 Å². The fraction of sp³-hybridized carbons (Fsp3) is 0. The molecule has 0 heterocycles. The van der Waals surface area contributed by atoms with Gasteiger partial charge in [0.05, 0.1) is 27.0 Å². The summed E-state index contributed by atoms with van der Waals surface area (Å²) in [5.74, 6) is -3.27. The molecule has 0 amide bonds. The van der Waals surface area contributed by atoms with Crippen molar-refractivity contribution >= 4 is 63.3 Å². The lowest BCUT2D eigenvalue weighted by Gasteiger charge is -2.17. The zero-order valence-corrected chi connectivity index (χ0v) is 20.5. The largest absolute Gasteiger partial charge is 0.507 e. The Labute approximate surface area is 208 Å². The van der Waals surface area contributed by atoms with Crippen LogP contribution in [-0.4, -0.2) is 49.7 Å². The zero-order chi connectivity index (χ0) is 27.7. The Kier molecular flexibility index (Phi) is 5.81. The molecule has 4 aromatic carbocycles. The lowest BCUT2D eigenvalue weighted by Crippen LogP contribution is -2.15. The molecule has 0 unspecified atom stereocenters. The van der Waals surface area contributed by atoms with Gasteiger partial charge in [0.1, 0.15) is 21.3 Å². The van der Waals surface area contributed by atoms with Crippen molar-refractivity contribution < 1.29 is 53.9 Å². The minimum Gasteiger partial charge on any atom is -0.507 e. The smallest absolute Gasteiger partial charge is 0.341 e. The lowest BCUT2D eigenvalue weighted by atomic mass is 10.1. The summed E-state index contributed by atoms with van der Waals surface area (Å²) in [4.78, 5) is -2.86. The fourth-order valence-electron chi connectivity index (χ4n) is 3.67. The van der Waals surface area contributed by atoms with Gasteiger partial charge in [-0.25, -0.2) is 0 Å². The second-order valence-corrected chi connectivity index (χ2v) is 12.0. The van der Waals surface area contributed by atoms with Crippen LogP contribution >= 0.6 is 0 Å². The SMILES string of the molecule is Nc1c(S(=O)(=O)Oc2c(N)c(S(=O)(=O)O)cc3cc(S(=O)(=O)O)cc(O)c23)cc2cccc(O)c2c1O. The zero-order valence-electron chi connectivity index (χ0n) is 18.0. The van der Waals surface area contributed by atoms with Crippen LogP contribution in [0, 0.1) is 0 Å². The highest BCUT2D eigenvalue weighted by molar-refractivity contribution is 7.87. The number of aromatic hydroxyl groups is 3. The molecule has 0 spiro atoms. The van der Waals surface area contributed by atoms with Gasteiger partial charge in [-0.05, 0) is 35.0 Å². The molecule has 37 heavy (non-hydrogen) atoms. The third kappa shape index (κ3) is 4.38. The van der Waals surface area contributed by atoms with Gasteiger partial charge in [0.15, 0.2) is 11.5 Å². The normalized spacial score (nSPS) is 12.7. The number of rotatable bonds is 5. The quantitative estimate of drug-likeness (QED) is 0.0774. The number of fused-ring (bicyclic) bond motifs is 2. The molecule has 0 radical (unpaired) electrons. The summed E-state index contributed by atoms with van der Waals surface area (Å²) in [5.41, 5.74) is 9.79. The molecule has 17 heteroatoms. The van der Waals surface area contributed by atoms with Crippen molar-refractivity contribution in [3.05, 3.63) is 42.5 Å². The van der Waals surface area contributed by atoms with E-state index < -0.39 is 90.2 Å². The van der Waals surface area contributed by atoms with E-state index in [2.05, 4.69) is 0 Å². The van der Waals surface area contributed by atoms with Crippen molar-refractivity contribution in [2.24, 2.45) is 0 Å². The van der Waals surface area contributed by atoms with E-state index in [-0.39, 0.29) is 10.8 Å². The number of phenols is 3. The van der Waals surface area contributed by atoms with Gasteiger partial charge in [0.2, 0.25) is 0 Å². The molecule has 14 nitrogen and oxygen atoms in total. The molecular weight excluding hydrogens is 556 g/mol. The number of nitrogens with two attached hydrogens (primary N) is 2. The first kappa shape index (κ1) is 26.0. The molecule has 4 rings (SSSR count). The van der Waals surface area contributed by atoms with Crippen molar-refractivity contribution in [2.75, 3.05) is 11.5 Å². The van der Waals surface area contributed by atoms with E-state index in [0.717, 1.165) is 6.07 Å². The van der Waals surface area contributed by atoms with Crippen molar-refractivity contribution in [2.45, 2.75) is 14.7 Å². The van der Waals surface area contributed by atoms with E-state index in [0.29, 0.717) is 18.2 Å². The molecule has 0 saturated carbocycles. The van der Waals surface area contributed by atoms with Crippen molar-refractivity contribution in [1.29, 1.82) is 0 Å². The Bertz CT molecular complexity index is 1970. The minimum atomic E-state index is -5.16. The predicted octanol–water partition coefficient (Wildman–Crippen LogP) is 1.54. The van der Waals surface area contributed by atoms with Gasteiger partial charge in [-0.2, -0.15) is 25.3 Å². The predicted molar refractivity (Wildman–Crippen MR) is 129 cm³/mol. The van der Waals surface area contributed by atoms with E-state index in [1.165, 1.54) is 18.2 Å². The Hall–Kier alpha value is -4.03. The van der Waals surface area contributed by atoms with Crippen LogP contribution in [0.15, 0.2) is 57.2 Å². The summed E-state index contributed by atoms with van der Waals surface area (Å²) in [6, 6.07) is 6.62. The van der Waals surface area contributed by atoms with Gasteiger partial charge in [0.25, 0.3) is 20.2 Å². The third-order valence-corrected chi connectivity index (χ3v) is 8.29. The Morgan fingerprint density at radius 2 is 1.30 bits per heavy atom. The maximum atomic E-state index is 13.2. The van der Waals surface area contributed by atoms with E-state index >= 15 is 0 Å². The van der Waals surface area contributed by atoms with Gasteiger partial charge >= 0.3 is 10.1 Å². The molecule has 0 aliphatic heterocycles. The molecule has 0 aliphatic carbocycles. The number of anilines is 2. The second-order valence-electron chi connectivity index (χ2n) is 7.66. The van der Waals surface area contributed by atoms with Crippen LogP contribution in [-0.2, 0) is 30.4 Å². The molecule has 0 atom stereocenters. The Morgan fingerprint density at radius 3 is 1.89 bits per heavy atom. The molecule has 196 valence electrons. The van der Waals surface area contributed by atoms with E-state index in [4.69, 9.17) is 15.7 Å². The van der Waals surface area contributed by atoms with Crippen molar-refractivity contribution in [3.63, 3.8) is 0 Å². The average Bonchev–Trinajstić information content (AvgIpc) is 2.76. The molecule has 0 aromatic heterocycles. The van der Waals surface area contributed by atoms with Crippen LogP contribution < -0.4 is 15.7 Å². The number of hydrogen-bond donors (Lipinski definition) is 7. The third-order valence-electron chi connectivity index (χ3n) is 5.30. The number of nitrogen functional groups attached to an aromatic ring is 2. The van der Waals surface area contributed by atoms with Crippen LogP contribution in [0.2, 0.25) is 0 Å². The number of phenolic OH excluding ortho intramolecular Hbond substituents is 3. The maximum Gasteiger partial charge on any atom is 0.341 e. The first-order valence-corrected chi connectivity index (χ1v) is 13.9. The van der Waals surface area contributed by atoms with E-state index in [9.17, 15) is 49.7 Å². The maximum absolute atomic E-state index is 13.2. The minimum absolute atomic E-state index is 0.0130. The number of benzene rings is 4. The topological polar surface area (TPSA) is 265 Å².